The fourth-order valence-corrected chi connectivity index (χ4v) is 4.99. The maximum Gasteiger partial charge on any atom is 0.249 e. The molecule has 0 unspecified atom stereocenters. The van der Waals surface area contributed by atoms with Crippen molar-refractivity contribution in [2.45, 2.75) is 45.2 Å². The Morgan fingerprint density at radius 2 is 1.58 bits per heavy atom. The van der Waals surface area contributed by atoms with E-state index in [1.54, 1.807) is 11.9 Å². The summed E-state index contributed by atoms with van der Waals surface area (Å²) in [5.41, 5.74) is 5.19. The molecule has 1 atom stereocenters. The standard InChI is InChI=1S/C31H33N3O2/c1-22-27(26-15-9-10-16-29(26)34(22)21-24-17-18-24)20-30(35)32-28(19-23-11-5-3-6-12-23)31(36)33(2)25-13-7-4-8-14-25/h3-16,24,28H,17-21H2,1-2H3,(H,32,35)/t28-/m0/s1. The van der Waals surface area contributed by atoms with Gasteiger partial charge in [0.05, 0.1) is 6.42 Å². The molecular weight excluding hydrogens is 446 g/mol. The van der Waals surface area contributed by atoms with Crippen LogP contribution in [0.25, 0.3) is 10.9 Å². The minimum Gasteiger partial charge on any atom is -0.344 e. The molecule has 4 aromatic rings. The van der Waals surface area contributed by atoms with Gasteiger partial charge in [-0.2, -0.15) is 0 Å². The number of para-hydroxylation sites is 2. The molecule has 2 amide bonds. The second-order valence-electron chi connectivity index (χ2n) is 9.85. The summed E-state index contributed by atoms with van der Waals surface area (Å²) in [6.45, 7) is 3.12. The lowest BCUT2D eigenvalue weighted by Gasteiger charge is -2.25. The van der Waals surface area contributed by atoms with Gasteiger partial charge in [0.2, 0.25) is 11.8 Å². The second kappa shape index (κ2) is 10.4. The number of aromatic nitrogens is 1. The van der Waals surface area contributed by atoms with Gasteiger partial charge >= 0.3 is 0 Å². The Bertz CT molecular complexity index is 1360. The SMILES string of the molecule is Cc1c(CC(=O)N[C@@H](Cc2ccccc2)C(=O)N(C)c2ccccc2)c2ccccc2n1CC1CC1. The zero-order chi connectivity index (χ0) is 25.1. The van der Waals surface area contributed by atoms with E-state index in [1.165, 1.54) is 18.4 Å². The second-order valence-corrected chi connectivity index (χ2v) is 9.85. The molecule has 0 aliphatic heterocycles. The molecule has 1 fully saturated rings. The lowest BCUT2D eigenvalue weighted by Crippen LogP contribution is -2.49. The summed E-state index contributed by atoms with van der Waals surface area (Å²) in [5, 5.41) is 4.20. The van der Waals surface area contributed by atoms with Crippen LogP contribution in [0.1, 0.15) is 29.7 Å². The van der Waals surface area contributed by atoms with Crippen LogP contribution in [0.15, 0.2) is 84.9 Å². The number of benzene rings is 3. The van der Waals surface area contributed by atoms with E-state index in [0.717, 1.165) is 40.4 Å². The number of hydrogen-bond donors (Lipinski definition) is 1. The van der Waals surface area contributed by atoms with Crippen LogP contribution in [0.5, 0.6) is 0 Å². The van der Waals surface area contributed by atoms with Crippen molar-refractivity contribution < 1.29 is 9.59 Å². The summed E-state index contributed by atoms with van der Waals surface area (Å²) < 4.78 is 2.37. The van der Waals surface area contributed by atoms with Crippen molar-refractivity contribution in [3.63, 3.8) is 0 Å². The average Bonchev–Trinajstić information content (AvgIpc) is 3.70. The number of rotatable bonds is 9. The van der Waals surface area contributed by atoms with E-state index in [1.807, 2.05) is 66.7 Å². The van der Waals surface area contributed by atoms with Gasteiger partial charge in [-0.1, -0.05) is 66.7 Å². The Kier molecular flexibility index (Phi) is 6.90. The Labute approximate surface area is 212 Å². The predicted molar refractivity (Wildman–Crippen MR) is 145 cm³/mol. The fraction of sp³-hybridized carbons (Fsp3) is 0.290. The molecule has 1 aromatic heterocycles. The molecule has 1 saturated carbocycles. The van der Waals surface area contributed by atoms with E-state index in [2.05, 4.69) is 35.0 Å². The predicted octanol–water partition coefficient (Wildman–Crippen LogP) is 5.29. The minimum absolute atomic E-state index is 0.133. The third kappa shape index (κ3) is 5.20. The Balaban J connectivity index is 1.39. The van der Waals surface area contributed by atoms with Crippen LogP contribution in [0, 0.1) is 12.8 Å². The van der Waals surface area contributed by atoms with Crippen molar-refractivity contribution in [1.29, 1.82) is 0 Å². The van der Waals surface area contributed by atoms with E-state index in [0.29, 0.717) is 6.42 Å². The Morgan fingerprint density at radius 3 is 2.28 bits per heavy atom. The fourth-order valence-electron chi connectivity index (χ4n) is 4.99. The third-order valence-corrected chi connectivity index (χ3v) is 7.23. The first kappa shape index (κ1) is 23.9. The van der Waals surface area contributed by atoms with Gasteiger partial charge in [-0.25, -0.2) is 0 Å². The van der Waals surface area contributed by atoms with Crippen molar-refractivity contribution >= 4 is 28.4 Å². The molecule has 1 N–H and O–H groups in total. The summed E-state index contributed by atoms with van der Waals surface area (Å²) in [5.74, 6) is 0.469. The number of carbonyl (C=O) groups is 2. The molecule has 184 valence electrons. The van der Waals surface area contributed by atoms with E-state index >= 15 is 0 Å². The first-order chi connectivity index (χ1) is 17.5. The molecule has 1 heterocycles. The van der Waals surface area contributed by atoms with E-state index in [9.17, 15) is 9.59 Å². The topological polar surface area (TPSA) is 54.3 Å². The van der Waals surface area contributed by atoms with E-state index in [4.69, 9.17) is 0 Å². The van der Waals surface area contributed by atoms with Crippen LogP contribution >= 0.6 is 0 Å². The van der Waals surface area contributed by atoms with Gasteiger partial charge in [0.15, 0.2) is 0 Å². The van der Waals surface area contributed by atoms with Crippen LogP contribution in [0.2, 0.25) is 0 Å². The molecule has 1 aliphatic rings. The summed E-state index contributed by atoms with van der Waals surface area (Å²) in [6.07, 6.45) is 3.24. The number of hydrogen-bond acceptors (Lipinski definition) is 2. The number of amides is 2. The summed E-state index contributed by atoms with van der Waals surface area (Å²) in [7, 11) is 1.76. The van der Waals surface area contributed by atoms with E-state index < -0.39 is 6.04 Å². The van der Waals surface area contributed by atoms with Crippen LogP contribution in [0.4, 0.5) is 5.69 Å². The molecule has 1 aliphatic carbocycles. The van der Waals surface area contributed by atoms with Crippen LogP contribution in [-0.2, 0) is 29.0 Å². The van der Waals surface area contributed by atoms with Crippen LogP contribution in [0.3, 0.4) is 0 Å². The van der Waals surface area contributed by atoms with E-state index in [-0.39, 0.29) is 18.2 Å². The van der Waals surface area contributed by atoms with Gasteiger partial charge in [0.25, 0.3) is 0 Å². The number of fused-ring (bicyclic) bond motifs is 1. The van der Waals surface area contributed by atoms with Gasteiger partial charge in [-0.3, -0.25) is 9.59 Å². The van der Waals surface area contributed by atoms with Crippen molar-refractivity contribution in [2.75, 3.05) is 11.9 Å². The Hall–Kier alpha value is -3.86. The van der Waals surface area contributed by atoms with Crippen molar-refractivity contribution in [3.8, 4) is 0 Å². The smallest absolute Gasteiger partial charge is 0.249 e. The summed E-state index contributed by atoms with van der Waals surface area (Å²) >= 11 is 0. The number of nitrogens with one attached hydrogen (secondary N) is 1. The number of carbonyl (C=O) groups excluding carboxylic acids is 2. The minimum atomic E-state index is -0.662. The highest BCUT2D eigenvalue weighted by Crippen LogP contribution is 2.34. The third-order valence-electron chi connectivity index (χ3n) is 7.23. The van der Waals surface area contributed by atoms with Crippen LogP contribution < -0.4 is 10.2 Å². The van der Waals surface area contributed by atoms with Gasteiger partial charge in [0.1, 0.15) is 6.04 Å². The summed E-state index contributed by atoms with van der Waals surface area (Å²) in [6, 6.07) is 27.1. The van der Waals surface area contributed by atoms with Crippen molar-refractivity contribution in [1.82, 2.24) is 9.88 Å². The molecule has 5 heteroatoms. The largest absolute Gasteiger partial charge is 0.344 e. The number of nitrogens with zero attached hydrogens (tertiary/aromatic N) is 2. The van der Waals surface area contributed by atoms with Crippen LogP contribution in [-0.4, -0.2) is 29.5 Å². The molecule has 0 saturated heterocycles. The molecule has 5 nitrogen and oxygen atoms in total. The number of likely N-dealkylation sites (N-methyl/N-ethyl adjacent to an activating group) is 1. The molecule has 0 bridgehead atoms. The van der Waals surface area contributed by atoms with Crippen molar-refractivity contribution in [2.24, 2.45) is 5.92 Å². The number of anilines is 1. The maximum absolute atomic E-state index is 13.6. The first-order valence-electron chi connectivity index (χ1n) is 12.7. The van der Waals surface area contributed by atoms with Gasteiger partial charge in [-0.15, -0.1) is 0 Å². The first-order valence-corrected chi connectivity index (χ1v) is 12.7. The highest BCUT2D eigenvalue weighted by Gasteiger charge is 2.28. The zero-order valence-electron chi connectivity index (χ0n) is 21.0. The maximum atomic E-state index is 13.6. The lowest BCUT2D eigenvalue weighted by atomic mass is 10.0. The molecule has 0 radical (unpaired) electrons. The highest BCUT2D eigenvalue weighted by molar-refractivity contribution is 5.99. The Morgan fingerprint density at radius 1 is 0.944 bits per heavy atom. The molecule has 3 aromatic carbocycles. The van der Waals surface area contributed by atoms with Crippen molar-refractivity contribution in [3.05, 3.63) is 102 Å². The van der Waals surface area contributed by atoms with Gasteiger partial charge in [-0.05, 0) is 55.0 Å². The normalized spacial score (nSPS) is 13.9. The van der Waals surface area contributed by atoms with Gasteiger partial charge in [0, 0.05) is 42.3 Å². The average molecular weight is 480 g/mol. The quantitative estimate of drug-likeness (QED) is 0.355. The lowest BCUT2D eigenvalue weighted by molar-refractivity contribution is -0.127. The molecule has 5 rings (SSSR count). The summed E-state index contributed by atoms with van der Waals surface area (Å²) in [4.78, 5) is 28.6. The monoisotopic (exact) mass is 479 g/mol. The molecule has 36 heavy (non-hydrogen) atoms. The zero-order valence-corrected chi connectivity index (χ0v) is 21.0. The molecule has 0 spiro atoms. The van der Waals surface area contributed by atoms with Gasteiger partial charge < -0.3 is 14.8 Å². The highest BCUT2D eigenvalue weighted by atomic mass is 16.2. The molecular formula is C31H33N3O2.